The molecule has 1 fully saturated rings. The molecule has 0 aliphatic heterocycles. The zero-order chi connectivity index (χ0) is 15.2. The van der Waals surface area contributed by atoms with Crippen LogP contribution in [-0.4, -0.2) is 23.8 Å². The number of aromatic nitrogens is 1. The Hall–Kier alpha value is -1.72. The molecule has 1 aromatic rings. The van der Waals surface area contributed by atoms with Gasteiger partial charge in [0.1, 0.15) is 6.04 Å². The van der Waals surface area contributed by atoms with E-state index in [1.54, 1.807) is 6.92 Å². The molecule has 6 heteroatoms. The van der Waals surface area contributed by atoms with E-state index in [9.17, 15) is 9.70 Å². The molecule has 2 rings (SSSR count). The van der Waals surface area contributed by atoms with Crippen LogP contribution in [0.5, 0.6) is 0 Å². The third-order valence-electron chi connectivity index (χ3n) is 4.00. The van der Waals surface area contributed by atoms with Crippen LogP contribution >= 0.6 is 0 Å². The van der Waals surface area contributed by atoms with Crippen molar-refractivity contribution in [1.29, 1.82) is 0 Å². The van der Waals surface area contributed by atoms with Crippen LogP contribution in [0.25, 0.3) is 0 Å². The van der Waals surface area contributed by atoms with Gasteiger partial charge in [-0.3, -0.25) is 0 Å². The van der Waals surface area contributed by atoms with Gasteiger partial charge in [0.2, 0.25) is 5.76 Å². The number of carbonyl (C=O) groups is 1. The van der Waals surface area contributed by atoms with Crippen molar-refractivity contribution in [2.45, 2.75) is 64.3 Å². The summed E-state index contributed by atoms with van der Waals surface area (Å²) in [6, 6.07) is -0.269. The summed E-state index contributed by atoms with van der Waals surface area (Å²) in [5, 5.41) is 7.33. The van der Waals surface area contributed by atoms with Gasteiger partial charge in [-0.05, 0) is 26.2 Å². The lowest BCUT2D eigenvalue weighted by atomic mass is 9.81. The maximum atomic E-state index is 11.9. The predicted octanol–water partition coefficient (Wildman–Crippen LogP) is 3.60. The number of carbonyl (C=O) groups excluding carboxylic acids is 1. The minimum Gasteiger partial charge on any atom is -0.460 e. The molecule has 0 radical (unpaired) electrons. The smallest absolute Gasteiger partial charge is 0.377 e. The van der Waals surface area contributed by atoms with Crippen molar-refractivity contribution < 1.29 is 14.1 Å². The van der Waals surface area contributed by atoms with Crippen molar-refractivity contribution in [2.24, 2.45) is 5.18 Å². The fourth-order valence-electron chi connectivity index (χ4n) is 3.02. The van der Waals surface area contributed by atoms with Crippen LogP contribution in [0.3, 0.4) is 0 Å². The first-order valence-corrected chi connectivity index (χ1v) is 7.70. The van der Waals surface area contributed by atoms with Crippen LogP contribution in [0.15, 0.2) is 9.70 Å². The molecule has 0 aromatic carbocycles. The molecule has 0 saturated heterocycles. The Morgan fingerprint density at radius 3 is 2.81 bits per heavy atom. The van der Waals surface area contributed by atoms with Gasteiger partial charge in [-0.1, -0.05) is 36.5 Å². The van der Waals surface area contributed by atoms with Crippen LogP contribution in [0.4, 0.5) is 0 Å². The predicted molar refractivity (Wildman–Crippen MR) is 77.2 cm³/mol. The molecule has 21 heavy (non-hydrogen) atoms. The number of nitroso groups, excluding NO2 is 1. The maximum Gasteiger partial charge on any atom is 0.377 e. The summed E-state index contributed by atoms with van der Waals surface area (Å²) >= 11 is 0. The van der Waals surface area contributed by atoms with Gasteiger partial charge in [0.25, 0.3) is 0 Å². The summed E-state index contributed by atoms with van der Waals surface area (Å²) in [4.78, 5) is 23.0. The molecule has 1 aliphatic carbocycles. The van der Waals surface area contributed by atoms with Crippen LogP contribution in [0.1, 0.15) is 73.7 Å². The van der Waals surface area contributed by atoms with E-state index in [0.717, 1.165) is 43.4 Å². The third kappa shape index (κ3) is 3.31. The highest BCUT2D eigenvalue weighted by Gasteiger charge is 2.34. The second kappa shape index (κ2) is 7.33. The Bertz CT molecular complexity index is 498. The molecule has 2 atom stereocenters. The second-order valence-electron chi connectivity index (χ2n) is 5.41. The summed E-state index contributed by atoms with van der Waals surface area (Å²) in [6.07, 6.45) is 5.26. The lowest BCUT2D eigenvalue weighted by Crippen LogP contribution is -2.22. The van der Waals surface area contributed by atoms with Gasteiger partial charge in [-0.25, -0.2) is 4.79 Å². The highest BCUT2D eigenvalue weighted by molar-refractivity contribution is 5.88. The number of hydrogen-bond acceptors (Lipinski definition) is 6. The number of esters is 1. The minimum absolute atomic E-state index is 0.0373. The normalized spacial score (nSPS) is 22.0. The van der Waals surface area contributed by atoms with E-state index >= 15 is 0 Å². The zero-order valence-corrected chi connectivity index (χ0v) is 12.6. The summed E-state index contributed by atoms with van der Waals surface area (Å²) in [5.74, 6) is -0.334. The Labute approximate surface area is 124 Å². The van der Waals surface area contributed by atoms with Crippen LogP contribution in [0.2, 0.25) is 0 Å². The van der Waals surface area contributed by atoms with Crippen LogP contribution < -0.4 is 0 Å². The van der Waals surface area contributed by atoms with Gasteiger partial charge in [-0.2, -0.15) is 4.91 Å². The van der Waals surface area contributed by atoms with Gasteiger partial charge in [0, 0.05) is 11.5 Å². The fraction of sp³-hybridized carbons (Fsp3) is 0.733. The first-order valence-electron chi connectivity index (χ1n) is 7.70. The van der Waals surface area contributed by atoms with Gasteiger partial charge >= 0.3 is 5.97 Å². The van der Waals surface area contributed by atoms with Crippen molar-refractivity contribution in [3.8, 4) is 0 Å². The van der Waals surface area contributed by atoms with Crippen LogP contribution in [-0.2, 0) is 11.2 Å². The van der Waals surface area contributed by atoms with Crippen molar-refractivity contribution >= 4 is 5.97 Å². The quantitative estimate of drug-likeness (QED) is 0.591. The second-order valence-corrected chi connectivity index (χ2v) is 5.41. The zero-order valence-electron chi connectivity index (χ0n) is 12.6. The molecule has 0 N–H and O–H groups in total. The van der Waals surface area contributed by atoms with Gasteiger partial charge in [0.05, 0.1) is 12.3 Å². The Morgan fingerprint density at radius 2 is 2.14 bits per heavy atom. The topological polar surface area (TPSA) is 81.8 Å². The molecule has 1 unspecified atom stereocenters. The van der Waals surface area contributed by atoms with Gasteiger partial charge in [0.15, 0.2) is 0 Å². The van der Waals surface area contributed by atoms with Crippen molar-refractivity contribution in [3.05, 3.63) is 21.9 Å². The molecular weight excluding hydrogens is 272 g/mol. The van der Waals surface area contributed by atoms with Gasteiger partial charge in [-0.15, -0.1) is 0 Å². The fourth-order valence-corrected chi connectivity index (χ4v) is 3.02. The Balaban J connectivity index is 2.33. The summed E-state index contributed by atoms with van der Waals surface area (Å²) < 4.78 is 10.3. The molecule has 116 valence electrons. The van der Waals surface area contributed by atoms with E-state index in [2.05, 4.69) is 10.3 Å². The molecule has 1 saturated carbocycles. The van der Waals surface area contributed by atoms with E-state index in [1.165, 1.54) is 0 Å². The standard InChI is InChI=1S/C15H22N2O4/c1-3-7-11-13(10-8-5-6-9-12(10)16-19)17-21-14(11)15(18)20-4-2/h10,12H,3-9H2,1-2H3/t10-,12?/m0/s1. The third-order valence-corrected chi connectivity index (χ3v) is 4.00. The first-order chi connectivity index (χ1) is 10.2. The molecule has 1 aromatic heterocycles. The van der Waals surface area contributed by atoms with E-state index in [4.69, 9.17) is 9.26 Å². The van der Waals surface area contributed by atoms with Crippen LogP contribution in [0, 0.1) is 4.91 Å². The van der Waals surface area contributed by atoms with E-state index < -0.39 is 5.97 Å². The average molecular weight is 294 g/mol. The lowest BCUT2D eigenvalue weighted by molar-refractivity contribution is 0.0478. The summed E-state index contributed by atoms with van der Waals surface area (Å²) in [6.45, 7) is 4.08. The molecule has 0 spiro atoms. The molecule has 1 aliphatic rings. The number of ether oxygens (including phenoxy) is 1. The molecule has 6 nitrogen and oxygen atoms in total. The van der Waals surface area contributed by atoms with E-state index in [1.807, 2.05) is 6.92 Å². The van der Waals surface area contributed by atoms with Crippen molar-refractivity contribution in [1.82, 2.24) is 5.16 Å². The Morgan fingerprint density at radius 1 is 1.38 bits per heavy atom. The maximum absolute atomic E-state index is 11.9. The molecule has 0 amide bonds. The van der Waals surface area contributed by atoms with Crippen molar-refractivity contribution in [2.75, 3.05) is 6.61 Å². The largest absolute Gasteiger partial charge is 0.460 e. The summed E-state index contributed by atoms with van der Waals surface area (Å²) in [5.41, 5.74) is 1.51. The highest BCUT2D eigenvalue weighted by atomic mass is 16.6. The highest BCUT2D eigenvalue weighted by Crippen LogP contribution is 2.37. The number of nitrogens with zero attached hydrogens (tertiary/aromatic N) is 2. The number of rotatable bonds is 6. The number of hydrogen-bond donors (Lipinski definition) is 0. The van der Waals surface area contributed by atoms with E-state index in [-0.39, 0.29) is 17.7 Å². The average Bonchev–Trinajstić information content (AvgIpc) is 2.91. The lowest BCUT2D eigenvalue weighted by Gasteiger charge is -2.25. The summed E-state index contributed by atoms with van der Waals surface area (Å²) in [7, 11) is 0. The molecule has 1 heterocycles. The molecule has 0 bridgehead atoms. The Kier molecular flexibility index (Phi) is 5.47. The molecular formula is C15H22N2O4. The van der Waals surface area contributed by atoms with Gasteiger partial charge < -0.3 is 9.26 Å². The monoisotopic (exact) mass is 294 g/mol. The first kappa shape index (κ1) is 15.7. The van der Waals surface area contributed by atoms with E-state index in [0.29, 0.717) is 13.0 Å². The minimum atomic E-state index is -0.480. The van der Waals surface area contributed by atoms with Crippen molar-refractivity contribution in [3.63, 3.8) is 0 Å². The SMILES string of the molecule is CCCc1c([C@H]2CCCCC2N=O)noc1C(=O)OCC.